The number of piperidine rings is 1. The number of rotatable bonds is 2. The smallest absolute Gasteiger partial charge is 0.317 e. The lowest BCUT2D eigenvalue weighted by Gasteiger charge is -2.22. The highest BCUT2D eigenvalue weighted by Crippen LogP contribution is 2.27. The van der Waals surface area contributed by atoms with Crippen molar-refractivity contribution in [3.63, 3.8) is 0 Å². The van der Waals surface area contributed by atoms with E-state index < -0.39 is 21.7 Å². The van der Waals surface area contributed by atoms with Gasteiger partial charge in [0.1, 0.15) is 0 Å². The van der Waals surface area contributed by atoms with Gasteiger partial charge < -0.3 is 5.32 Å². The Kier molecular flexibility index (Phi) is 3.38. The van der Waals surface area contributed by atoms with Crippen LogP contribution < -0.4 is 5.32 Å². The maximum atomic E-state index is 11.9. The van der Waals surface area contributed by atoms with Gasteiger partial charge in [0.25, 0.3) is 0 Å². The van der Waals surface area contributed by atoms with E-state index in [1.807, 2.05) is 0 Å². The number of alkyl halides is 3. The molecule has 0 unspecified atom stereocenters. The minimum absolute atomic E-state index is 0.273. The first kappa shape index (κ1) is 11.7. The molecule has 1 N–H and O–H groups in total. The second-order valence-corrected chi connectivity index (χ2v) is 4.51. The lowest BCUT2D eigenvalue weighted by atomic mass is 10.1. The van der Waals surface area contributed by atoms with Crippen LogP contribution in [0.1, 0.15) is 12.8 Å². The fraction of sp³-hybridized carbons (Fsp3) is 1.00. The molecular formula is C6H10F3NO3S. The largest absolute Gasteiger partial charge is 0.523 e. The second kappa shape index (κ2) is 4.03. The van der Waals surface area contributed by atoms with Crippen molar-refractivity contribution in [3.05, 3.63) is 0 Å². The van der Waals surface area contributed by atoms with E-state index in [2.05, 4.69) is 9.50 Å². The van der Waals surface area contributed by atoms with E-state index in [1.54, 1.807) is 0 Å². The van der Waals surface area contributed by atoms with Crippen LogP contribution in [-0.2, 0) is 14.3 Å². The fourth-order valence-corrected chi connectivity index (χ4v) is 1.79. The Bertz CT molecular complexity index is 281. The van der Waals surface area contributed by atoms with Crippen LogP contribution in [0.5, 0.6) is 0 Å². The van der Waals surface area contributed by atoms with Crippen LogP contribution in [0.25, 0.3) is 0 Å². The first-order valence-electron chi connectivity index (χ1n) is 4.03. The van der Waals surface area contributed by atoms with Gasteiger partial charge in [-0.05, 0) is 25.9 Å². The summed E-state index contributed by atoms with van der Waals surface area (Å²) in [6.45, 7) is 0.941. The molecule has 4 nitrogen and oxygen atoms in total. The number of hydrogen-bond donors (Lipinski definition) is 1. The molecule has 0 radical (unpaired) electrons. The van der Waals surface area contributed by atoms with Crippen molar-refractivity contribution in [2.75, 3.05) is 13.1 Å². The Balaban J connectivity index is 2.58. The summed E-state index contributed by atoms with van der Waals surface area (Å²) in [5.74, 6) is 0. The van der Waals surface area contributed by atoms with Gasteiger partial charge in [0.05, 0.1) is 6.10 Å². The standard InChI is InChI=1S/C6H10F3NO3S/c7-6(8,9)14(11,12)13-5-1-3-10-4-2-5/h5,10H,1-4H2. The van der Waals surface area contributed by atoms with Crippen molar-refractivity contribution in [2.24, 2.45) is 0 Å². The molecule has 8 heteroatoms. The van der Waals surface area contributed by atoms with Gasteiger partial charge in [-0.3, -0.25) is 4.18 Å². The molecule has 0 amide bonds. The van der Waals surface area contributed by atoms with Crippen LogP contribution in [0.15, 0.2) is 0 Å². The molecule has 14 heavy (non-hydrogen) atoms. The van der Waals surface area contributed by atoms with E-state index in [0.717, 1.165) is 0 Å². The normalized spacial score (nSPS) is 21.1. The van der Waals surface area contributed by atoms with Gasteiger partial charge in [0.15, 0.2) is 0 Å². The highest BCUT2D eigenvalue weighted by Gasteiger charge is 2.48. The first-order valence-corrected chi connectivity index (χ1v) is 5.44. The second-order valence-electron chi connectivity index (χ2n) is 2.95. The quantitative estimate of drug-likeness (QED) is 0.560. The third kappa shape index (κ3) is 2.82. The molecule has 1 saturated heterocycles. The molecule has 84 valence electrons. The molecule has 0 aromatic heterocycles. The summed E-state index contributed by atoms with van der Waals surface area (Å²) in [5, 5.41) is 2.88. The predicted octanol–water partition coefficient (Wildman–Crippen LogP) is 0.605. The minimum atomic E-state index is -5.43. The average molecular weight is 233 g/mol. The summed E-state index contributed by atoms with van der Waals surface area (Å²) in [6, 6.07) is 0. The van der Waals surface area contributed by atoms with E-state index >= 15 is 0 Å². The monoisotopic (exact) mass is 233 g/mol. The van der Waals surface area contributed by atoms with Crippen molar-refractivity contribution in [1.29, 1.82) is 0 Å². The molecule has 1 aliphatic rings. The molecule has 0 saturated carbocycles. The Morgan fingerprint density at radius 2 is 1.71 bits per heavy atom. The highest BCUT2D eigenvalue weighted by molar-refractivity contribution is 7.87. The molecule has 0 bridgehead atoms. The van der Waals surface area contributed by atoms with E-state index in [4.69, 9.17) is 0 Å². The van der Waals surface area contributed by atoms with Gasteiger partial charge in [-0.2, -0.15) is 21.6 Å². The SMILES string of the molecule is O=S(=O)(OC1CCNCC1)C(F)(F)F. The van der Waals surface area contributed by atoms with E-state index in [9.17, 15) is 21.6 Å². The molecule has 0 spiro atoms. The fourth-order valence-electron chi connectivity index (χ4n) is 1.13. The number of nitrogens with one attached hydrogen (secondary N) is 1. The van der Waals surface area contributed by atoms with Crippen LogP contribution >= 0.6 is 0 Å². The third-order valence-electron chi connectivity index (χ3n) is 1.83. The van der Waals surface area contributed by atoms with E-state index in [-0.39, 0.29) is 12.8 Å². The summed E-state index contributed by atoms with van der Waals surface area (Å²) in [7, 11) is -5.43. The van der Waals surface area contributed by atoms with Gasteiger partial charge in [-0.15, -0.1) is 0 Å². The predicted molar refractivity (Wildman–Crippen MR) is 42.0 cm³/mol. The Hall–Kier alpha value is -0.340. The van der Waals surface area contributed by atoms with Gasteiger partial charge >= 0.3 is 15.6 Å². The Labute approximate surface area is 79.6 Å². The van der Waals surface area contributed by atoms with Crippen LogP contribution in [0.4, 0.5) is 13.2 Å². The van der Waals surface area contributed by atoms with Crippen LogP contribution in [0, 0.1) is 0 Å². The molecule has 0 aliphatic carbocycles. The summed E-state index contributed by atoms with van der Waals surface area (Å²) < 4.78 is 60.7. The van der Waals surface area contributed by atoms with E-state index in [0.29, 0.717) is 13.1 Å². The van der Waals surface area contributed by atoms with Gasteiger partial charge in [0.2, 0.25) is 0 Å². The molecule has 1 rings (SSSR count). The Morgan fingerprint density at radius 1 is 1.21 bits per heavy atom. The molecular weight excluding hydrogens is 223 g/mol. The summed E-state index contributed by atoms with van der Waals surface area (Å²) in [4.78, 5) is 0. The number of halogens is 3. The third-order valence-corrected chi connectivity index (χ3v) is 2.92. The van der Waals surface area contributed by atoms with Crippen molar-refractivity contribution in [1.82, 2.24) is 5.32 Å². The van der Waals surface area contributed by atoms with Gasteiger partial charge in [0, 0.05) is 0 Å². The molecule has 1 aliphatic heterocycles. The lowest BCUT2D eigenvalue weighted by molar-refractivity contribution is -0.0582. The van der Waals surface area contributed by atoms with Gasteiger partial charge in [-0.25, -0.2) is 0 Å². The average Bonchev–Trinajstić information content (AvgIpc) is 2.03. The topological polar surface area (TPSA) is 55.4 Å². The zero-order chi connectivity index (χ0) is 10.8. The molecule has 0 aromatic rings. The zero-order valence-electron chi connectivity index (χ0n) is 7.17. The minimum Gasteiger partial charge on any atom is -0.317 e. The molecule has 0 atom stereocenters. The summed E-state index contributed by atoms with van der Waals surface area (Å²) in [5.41, 5.74) is -5.32. The molecule has 1 fully saturated rings. The molecule has 0 aromatic carbocycles. The zero-order valence-corrected chi connectivity index (χ0v) is 7.99. The Morgan fingerprint density at radius 3 is 2.14 bits per heavy atom. The maximum absolute atomic E-state index is 11.9. The van der Waals surface area contributed by atoms with Crippen LogP contribution in [-0.4, -0.2) is 33.1 Å². The van der Waals surface area contributed by atoms with Gasteiger partial charge in [-0.1, -0.05) is 0 Å². The summed E-state index contributed by atoms with van der Waals surface area (Å²) >= 11 is 0. The maximum Gasteiger partial charge on any atom is 0.523 e. The highest BCUT2D eigenvalue weighted by atomic mass is 32.2. The van der Waals surface area contributed by atoms with Crippen molar-refractivity contribution in [2.45, 2.75) is 24.5 Å². The summed E-state index contributed by atoms with van der Waals surface area (Å²) in [6.07, 6.45) is -0.312. The lowest BCUT2D eigenvalue weighted by Crippen LogP contribution is -2.37. The molecule has 1 heterocycles. The first-order chi connectivity index (χ1) is 6.33. The van der Waals surface area contributed by atoms with Crippen molar-refractivity contribution >= 4 is 10.1 Å². The van der Waals surface area contributed by atoms with Crippen molar-refractivity contribution in [3.8, 4) is 0 Å². The number of hydrogen-bond acceptors (Lipinski definition) is 4. The van der Waals surface area contributed by atoms with E-state index in [1.165, 1.54) is 0 Å². The van der Waals surface area contributed by atoms with Crippen LogP contribution in [0.2, 0.25) is 0 Å². The van der Waals surface area contributed by atoms with Crippen molar-refractivity contribution < 1.29 is 25.8 Å². The van der Waals surface area contributed by atoms with Crippen LogP contribution in [0.3, 0.4) is 0 Å².